The molecule has 3 rings (SSSR count). The summed E-state index contributed by atoms with van der Waals surface area (Å²) in [7, 11) is 1.83. The quantitative estimate of drug-likeness (QED) is 0.666. The Bertz CT molecular complexity index is 673. The molecule has 0 aliphatic heterocycles. The fraction of sp³-hybridized carbons (Fsp3) is 0.167. The largest absolute Gasteiger partial charge is 0.384 e. The molecule has 86 valence electrons. The molecule has 17 heavy (non-hydrogen) atoms. The number of hydrogen-bond acceptors (Lipinski definition) is 3. The van der Waals surface area contributed by atoms with Crippen LogP contribution in [-0.2, 0) is 7.05 Å². The predicted octanol–water partition coefficient (Wildman–Crippen LogP) is 1.85. The molecule has 3 N–H and O–H groups in total. The van der Waals surface area contributed by atoms with Crippen molar-refractivity contribution in [1.29, 1.82) is 0 Å². The molecular weight excluding hydrogens is 214 g/mol. The number of aryl methyl sites for hydroxylation is 2. The van der Waals surface area contributed by atoms with Crippen LogP contribution in [0.2, 0.25) is 0 Å². The standard InChI is InChI=1S/C12H13N5/c1-7-14-9-5-3-4-8(12(9)15-7)10-6-11(13)17(2)16-10/h3-6H,13H2,1-2H3,(H,14,15). The van der Waals surface area contributed by atoms with Crippen molar-refractivity contribution in [2.24, 2.45) is 7.05 Å². The second kappa shape index (κ2) is 3.35. The van der Waals surface area contributed by atoms with Crippen LogP contribution >= 0.6 is 0 Å². The summed E-state index contributed by atoms with van der Waals surface area (Å²) in [6.07, 6.45) is 0. The minimum atomic E-state index is 0.643. The van der Waals surface area contributed by atoms with Gasteiger partial charge in [-0.05, 0) is 13.0 Å². The topological polar surface area (TPSA) is 72.5 Å². The summed E-state index contributed by atoms with van der Waals surface area (Å²) in [5.41, 5.74) is 9.60. The van der Waals surface area contributed by atoms with Crippen LogP contribution in [0, 0.1) is 6.92 Å². The Kier molecular flexibility index (Phi) is 1.95. The monoisotopic (exact) mass is 227 g/mol. The zero-order valence-corrected chi connectivity index (χ0v) is 9.73. The number of aromatic amines is 1. The van der Waals surface area contributed by atoms with Crippen LogP contribution in [0.25, 0.3) is 22.3 Å². The SMILES string of the molecule is Cc1nc2c(-c3cc(N)n(C)n3)cccc2[nH]1. The summed E-state index contributed by atoms with van der Waals surface area (Å²) >= 11 is 0. The summed E-state index contributed by atoms with van der Waals surface area (Å²) in [4.78, 5) is 7.70. The summed E-state index contributed by atoms with van der Waals surface area (Å²) in [5, 5.41) is 4.38. The smallest absolute Gasteiger partial charge is 0.121 e. The number of anilines is 1. The van der Waals surface area contributed by atoms with Crippen LogP contribution in [0.3, 0.4) is 0 Å². The average molecular weight is 227 g/mol. The van der Waals surface area contributed by atoms with E-state index in [1.165, 1.54) is 0 Å². The number of aromatic nitrogens is 4. The number of fused-ring (bicyclic) bond motifs is 1. The Morgan fingerprint density at radius 2 is 2.18 bits per heavy atom. The van der Waals surface area contributed by atoms with Crippen LogP contribution in [0.15, 0.2) is 24.3 Å². The zero-order valence-electron chi connectivity index (χ0n) is 9.73. The van der Waals surface area contributed by atoms with Gasteiger partial charge in [0.05, 0.1) is 16.7 Å². The molecule has 5 heteroatoms. The lowest BCUT2D eigenvalue weighted by Crippen LogP contribution is -1.96. The highest BCUT2D eigenvalue weighted by atomic mass is 15.3. The van der Waals surface area contributed by atoms with Gasteiger partial charge in [0.1, 0.15) is 11.6 Å². The molecule has 2 heterocycles. The van der Waals surface area contributed by atoms with Crippen LogP contribution in [0.5, 0.6) is 0 Å². The Labute approximate surface area is 98.3 Å². The second-order valence-corrected chi connectivity index (χ2v) is 4.10. The fourth-order valence-corrected chi connectivity index (χ4v) is 1.98. The van der Waals surface area contributed by atoms with Gasteiger partial charge in [0.25, 0.3) is 0 Å². The van der Waals surface area contributed by atoms with Gasteiger partial charge < -0.3 is 10.7 Å². The molecule has 0 saturated carbocycles. The first kappa shape index (κ1) is 9.89. The van der Waals surface area contributed by atoms with Crippen molar-refractivity contribution in [3.05, 3.63) is 30.1 Å². The number of nitrogen functional groups attached to an aromatic ring is 1. The molecule has 0 spiro atoms. The van der Waals surface area contributed by atoms with E-state index in [1.54, 1.807) is 4.68 Å². The van der Waals surface area contributed by atoms with E-state index < -0.39 is 0 Å². The van der Waals surface area contributed by atoms with Crippen LogP contribution in [0.1, 0.15) is 5.82 Å². The van der Waals surface area contributed by atoms with Crippen molar-refractivity contribution in [3.63, 3.8) is 0 Å². The summed E-state index contributed by atoms with van der Waals surface area (Å²) in [6, 6.07) is 7.86. The van der Waals surface area contributed by atoms with Gasteiger partial charge in [-0.1, -0.05) is 12.1 Å². The first-order valence-electron chi connectivity index (χ1n) is 5.40. The lowest BCUT2D eigenvalue weighted by molar-refractivity contribution is 0.782. The maximum atomic E-state index is 5.80. The number of nitrogens with one attached hydrogen (secondary N) is 1. The Balaban J connectivity index is 2.29. The van der Waals surface area contributed by atoms with Gasteiger partial charge >= 0.3 is 0 Å². The number of rotatable bonds is 1. The Morgan fingerprint density at radius 1 is 1.35 bits per heavy atom. The van der Waals surface area contributed by atoms with Crippen LogP contribution in [0.4, 0.5) is 5.82 Å². The zero-order chi connectivity index (χ0) is 12.0. The molecule has 0 fully saturated rings. The molecule has 0 aliphatic rings. The molecule has 0 bridgehead atoms. The van der Waals surface area contributed by atoms with E-state index >= 15 is 0 Å². The number of nitrogens with two attached hydrogens (primary N) is 1. The maximum absolute atomic E-state index is 5.80. The maximum Gasteiger partial charge on any atom is 0.121 e. The molecule has 2 aromatic heterocycles. The molecule has 0 unspecified atom stereocenters. The van der Waals surface area contributed by atoms with Gasteiger partial charge in [0.15, 0.2) is 0 Å². The van der Waals surface area contributed by atoms with E-state index in [2.05, 4.69) is 15.1 Å². The number of hydrogen-bond donors (Lipinski definition) is 2. The normalized spacial score (nSPS) is 11.2. The highest BCUT2D eigenvalue weighted by Crippen LogP contribution is 2.27. The molecule has 0 atom stereocenters. The molecular formula is C12H13N5. The fourth-order valence-electron chi connectivity index (χ4n) is 1.98. The summed E-state index contributed by atoms with van der Waals surface area (Å²) < 4.78 is 1.66. The third-order valence-corrected chi connectivity index (χ3v) is 2.82. The minimum absolute atomic E-state index is 0.643. The van der Waals surface area contributed by atoms with E-state index in [0.717, 1.165) is 28.1 Å². The van der Waals surface area contributed by atoms with Crippen molar-refractivity contribution in [3.8, 4) is 11.3 Å². The van der Waals surface area contributed by atoms with E-state index in [4.69, 9.17) is 5.73 Å². The van der Waals surface area contributed by atoms with Crippen molar-refractivity contribution < 1.29 is 0 Å². The summed E-state index contributed by atoms with van der Waals surface area (Å²) in [5.74, 6) is 1.54. The Morgan fingerprint density at radius 3 is 2.88 bits per heavy atom. The number of nitrogens with zero attached hydrogens (tertiary/aromatic N) is 3. The second-order valence-electron chi connectivity index (χ2n) is 4.10. The number of H-pyrrole nitrogens is 1. The summed E-state index contributed by atoms with van der Waals surface area (Å²) in [6.45, 7) is 1.94. The number of para-hydroxylation sites is 1. The molecule has 1 aromatic carbocycles. The van der Waals surface area contributed by atoms with E-state index in [0.29, 0.717) is 5.82 Å². The number of benzene rings is 1. The molecule has 0 aliphatic carbocycles. The predicted molar refractivity (Wildman–Crippen MR) is 67.4 cm³/mol. The molecule has 5 nitrogen and oxygen atoms in total. The minimum Gasteiger partial charge on any atom is -0.384 e. The lowest BCUT2D eigenvalue weighted by atomic mass is 10.1. The molecule has 0 radical (unpaired) electrons. The average Bonchev–Trinajstić information content (AvgIpc) is 2.81. The highest BCUT2D eigenvalue weighted by molar-refractivity contribution is 5.91. The molecule has 3 aromatic rings. The van der Waals surface area contributed by atoms with Gasteiger partial charge in [0.2, 0.25) is 0 Å². The van der Waals surface area contributed by atoms with Crippen molar-refractivity contribution in [2.75, 3.05) is 5.73 Å². The van der Waals surface area contributed by atoms with Crippen molar-refractivity contribution >= 4 is 16.9 Å². The van der Waals surface area contributed by atoms with E-state index in [1.807, 2.05) is 38.2 Å². The van der Waals surface area contributed by atoms with Gasteiger partial charge in [-0.3, -0.25) is 4.68 Å². The van der Waals surface area contributed by atoms with Crippen molar-refractivity contribution in [2.45, 2.75) is 6.92 Å². The van der Waals surface area contributed by atoms with E-state index in [-0.39, 0.29) is 0 Å². The number of imidazole rings is 1. The van der Waals surface area contributed by atoms with Gasteiger partial charge in [-0.2, -0.15) is 5.10 Å². The van der Waals surface area contributed by atoms with Crippen LogP contribution < -0.4 is 5.73 Å². The molecule has 0 amide bonds. The van der Waals surface area contributed by atoms with Gasteiger partial charge in [-0.25, -0.2) is 4.98 Å². The van der Waals surface area contributed by atoms with Crippen LogP contribution in [-0.4, -0.2) is 19.7 Å². The van der Waals surface area contributed by atoms with Gasteiger partial charge in [-0.15, -0.1) is 0 Å². The lowest BCUT2D eigenvalue weighted by Gasteiger charge is -1.97. The van der Waals surface area contributed by atoms with E-state index in [9.17, 15) is 0 Å². The molecule has 0 saturated heterocycles. The van der Waals surface area contributed by atoms with Gasteiger partial charge in [0, 0.05) is 18.7 Å². The Hall–Kier alpha value is -2.30. The third-order valence-electron chi connectivity index (χ3n) is 2.82. The first-order chi connectivity index (χ1) is 8.15. The van der Waals surface area contributed by atoms with Crippen molar-refractivity contribution in [1.82, 2.24) is 19.7 Å². The third kappa shape index (κ3) is 1.47. The first-order valence-corrected chi connectivity index (χ1v) is 5.40. The highest BCUT2D eigenvalue weighted by Gasteiger charge is 2.10.